The van der Waals surface area contributed by atoms with Crippen LogP contribution in [0, 0.1) is 41.4 Å². The fourth-order valence-electron chi connectivity index (χ4n) is 15.1. The molecule has 0 radical (unpaired) electrons. The second kappa shape index (κ2) is 33.6. The van der Waals surface area contributed by atoms with Crippen LogP contribution in [0.2, 0.25) is 42.3 Å². The SMILES string of the molecule is CC(C)C[Si]12OC3(C(C)C)[Si]4(CCCN(CCN(CC(O)COc5ccc(C(=O)C(C)(C)O)cc5)CC(O)COc5ccc(C(=O)C(C)(C)O)cc5)CC(O)COc5ccc(C(=O)C(C)(C)O)cc5)O[Si]5(CC(C)C)O[Si](CC(C)C)(O1)O[Si]1(CC(C)C)O[Si](CC(C)C)(O2)O[Si]3(O[Si](CC(C)C)(O1)O5)O4. The molecule has 7 saturated heterocycles. The highest BCUT2D eigenvalue weighted by molar-refractivity contribution is 7.12. The first-order valence-electron chi connectivity index (χ1n) is 38.0. The van der Waals surface area contributed by atoms with E-state index in [1.165, 1.54) is 41.5 Å². The third-order valence-corrected chi connectivity index (χ3v) is 61.4. The van der Waals surface area contributed by atoms with Crippen molar-refractivity contribution in [1.29, 1.82) is 0 Å². The average Bonchev–Trinajstić information content (AvgIpc) is 1.30. The number of aliphatic hydroxyl groups is 6. The van der Waals surface area contributed by atoms with E-state index in [0.29, 0.717) is 72.0 Å². The Hall–Kier alpha value is -2.99. The molecular formula is C72H122N2O24Si8. The Kier molecular flexibility index (Phi) is 27.6. The lowest BCUT2D eigenvalue weighted by atomic mass is 9.97. The van der Waals surface area contributed by atoms with Gasteiger partial charge in [0.25, 0.3) is 0 Å². The molecule has 7 aliphatic heterocycles. The average molecular weight is 1620 g/mol. The summed E-state index contributed by atoms with van der Waals surface area (Å²) in [6, 6.07) is 21.3. The van der Waals surface area contributed by atoms with Gasteiger partial charge >= 0.3 is 70.2 Å². The van der Waals surface area contributed by atoms with Crippen LogP contribution in [0.25, 0.3) is 0 Å². The van der Waals surface area contributed by atoms with Gasteiger partial charge in [-0.15, -0.1) is 0 Å². The molecule has 26 nitrogen and oxygen atoms in total. The molecular weight excluding hydrogens is 1500 g/mol. The van der Waals surface area contributed by atoms with Crippen LogP contribution in [0.3, 0.4) is 0 Å². The molecule has 596 valence electrons. The van der Waals surface area contributed by atoms with Crippen molar-refractivity contribution in [2.75, 3.05) is 59.1 Å². The minimum Gasteiger partial charge on any atom is -0.491 e. The summed E-state index contributed by atoms with van der Waals surface area (Å²) in [5, 5.41) is 67.3. The second-order valence-corrected chi connectivity index (χ2v) is 59.3. The van der Waals surface area contributed by atoms with E-state index in [1.54, 1.807) is 72.8 Å². The van der Waals surface area contributed by atoms with E-state index in [9.17, 15) is 45.0 Å². The number of carbonyl (C=O) groups excluding carboxylic acids is 3. The number of Topliss-reactive ketones (excluding diaryl/α,β-unsaturated/α-hetero) is 3. The largest absolute Gasteiger partial charge is 0.512 e. The molecule has 34 heteroatoms. The summed E-state index contributed by atoms with van der Waals surface area (Å²) in [5.74, 6) is -0.844. The topological polar surface area (TPSA) is 318 Å². The Labute approximate surface area is 637 Å². The van der Waals surface area contributed by atoms with Crippen molar-refractivity contribution < 1.29 is 109 Å². The van der Waals surface area contributed by atoms with Crippen molar-refractivity contribution in [3.8, 4) is 17.2 Å². The van der Waals surface area contributed by atoms with Crippen molar-refractivity contribution >= 4 is 87.5 Å². The Morgan fingerprint density at radius 1 is 0.387 bits per heavy atom. The number of hydrogen-bond donors (Lipinski definition) is 6. The van der Waals surface area contributed by atoms with Gasteiger partial charge < -0.3 is 94.5 Å². The minimum atomic E-state index is -4.47. The monoisotopic (exact) mass is 1620 g/mol. The van der Waals surface area contributed by atoms with Crippen LogP contribution in [-0.4, -0.2) is 227 Å². The normalized spacial score (nSPS) is 29.6. The summed E-state index contributed by atoms with van der Waals surface area (Å²) in [7, 11) is -34.0. The number of ketones is 3. The van der Waals surface area contributed by atoms with Gasteiger partial charge in [-0.3, -0.25) is 24.2 Å². The number of fused-ring (bicyclic) bond motifs is 2. The van der Waals surface area contributed by atoms with E-state index in [0.717, 1.165) is 0 Å². The predicted molar refractivity (Wildman–Crippen MR) is 413 cm³/mol. The molecule has 0 saturated carbocycles. The molecule has 7 heterocycles. The Balaban J connectivity index is 1.10. The number of nitrogens with zero attached hydrogens (tertiary/aromatic N) is 2. The zero-order valence-electron chi connectivity index (χ0n) is 66.1. The number of aliphatic hydroxyl groups excluding tert-OH is 3. The highest BCUT2D eigenvalue weighted by Gasteiger charge is 2.97. The van der Waals surface area contributed by atoms with E-state index in [4.69, 9.17) is 63.9 Å². The van der Waals surface area contributed by atoms with Gasteiger partial charge in [-0.25, -0.2) is 0 Å². The fraction of sp³-hybridized carbons (Fsp3) is 0.708. The molecule has 3 aromatic carbocycles. The predicted octanol–water partition coefficient (Wildman–Crippen LogP) is 9.87. The summed E-state index contributed by atoms with van der Waals surface area (Å²) < 4.78 is 115. The highest BCUT2D eigenvalue weighted by atomic mass is 28.6. The van der Waals surface area contributed by atoms with Crippen LogP contribution in [-0.2, 0) is 49.7 Å². The molecule has 6 N–H and O–H groups in total. The van der Waals surface area contributed by atoms with Gasteiger partial charge in [0, 0.05) is 85.7 Å². The molecule has 1 spiro atoms. The smallest absolute Gasteiger partial charge is 0.491 e. The van der Waals surface area contributed by atoms with Crippen LogP contribution in [0.5, 0.6) is 17.2 Å². The number of hydrogen-bond acceptors (Lipinski definition) is 26. The van der Waals surface area contributed by atoms with Gasteiger partial charge in [0.05, 0.1) is 0 Å². The van der Waals surface area contributed by atoms with Crippen molar-refractivity contribution in [2.24, 2.45) is 41.4 Å². The van der Waals surface area contributed by atoms with Gasteiger partial charge in [0.15, 0.2) is 22.2 Å². The van der Waals surface area contributed by atoms with Crippen molar-refractivity contribution in [3.05, 3.63) is 89.5 Å². The van der Waals surface area contributed by atoms with Gasteiger partial charge in [-0.2, -0.15) is 0 Å². The van der Waals surface area contributed by atoms with Crippen LogP contribution in [0.1, 0.15) is 176 Å². The lowest BCUT2D eigenvalue weighted by Crippen LogP contribution is -2.99. The minimum absolute atomic E-state index is 0.00770. The van der Waals surface area contributed by atoms with Gasteiger partial charge in [0.2, 0.25) is 0 Å². The number of rotatable bonds is 41. The van der Waals surface area contributed by atoms with Crippen LogP contribution < -0.4 is 14.2 Å². The molecule has 7 fully saturated rings. The first-order chi connectivity index (χ1) is 49.1. The fourth-order valence-corrected chi connectivity index (χ4v) is 70.7. The van der Waals surface area contributed by atoms with E-state index in [2.05, 4.69) is 102 Å². The van der Waals surface area contributed by atoms with Crippen LogP contribution in [0.15, 0.2) is 72.8 Å². The van der Waals surface area contributed by atoms with Gasteiger partial charge in [0.1, 0.15) is 72.2 Å². The molecule has 106 heavy (non-hydrogen) atoms. The standard InChI is InChI=1S/C72H122N2O24Si8/c1-50(2)44-100-87-72(56(13)14)99(88-101(45-51(3)4)92-102(90-100,46-52(5)6)94-103(47-53(7)8)95-104(91-100,48-54(9)10)97-106(72,89-99)98-105(93-101,96-103)49-55(11)12)37-21-34-73(38-60(75)41-84-63-28-22-57(23-29-63)66(78)69(15,16)81)35-36-74(39-61(76)42-85-64-30-24-58(25-31-64)67(79)70(17,18)82)40-62(77)43-86-65-32-26-59(27-33-65)68(80)71(19,20)83/h22-33,50-56,60-62,75-77,81-83H,21,34-49H2,1-20H3. The number of carbonyl (C=O) groups is 3. The molecule has 0 amide bonds. The Bertz CT molecular complexity index is 3380. The van der Waals surface area contributed by atoms with E-state index < -0.39 is 133 Å². The quantitative estimate of drug-likeness (QED) is 0.0227. The lowest BCUT2D eigenvalue weighted by molar-refractivity contribution is -0.0502. The molecule has 7 aliphatic rings. The molecule has 0 aromatic heterocycles. The number of benzene rings is 3. The third-order valence-electron chi connectivity index (χ3n) is 18.9. The molecule has 0 aliphatic carbocycles. The maximum Gasteiger partial charge on any atom is 0.512 e. The summed E-state index contributed by atoms with van der Waals surface area (Å²) in [4.78, 5) is 41.3. The van der Waals surface area contributed by atoms with Crippen molar-refractivity contribution in [1.82, 2.24) is 9.80 Å². The maximum atomic E-state index is 13.0. The van der Waals surface area contributed by atoms with E-state index in [-0.39, 0.29) is 105 Å². The molecule has 12 unspecified atom stereocenters. The summed E-state index contributed by atoms with van der Waals surface area (Å²) >= 11 is 0. The lowest BCUT2D eigenvalue weighted by Gasteiger charge is -2.69. The summed E-state index contributed by atoms with van der Waals surface area (Å²) in [6.45, 7) is 38.5. The van der Waals surface area contributed by atoms with Crippen LogP contribution in [0.4, 0.5) is 0 Å². The van der Waals surface area contributed by atoms with Crippen molar-refractivity contribution in [3.63, 3.8) is 0 Å². The van der Waals surface area contributed by atoms with Crippen molar-refractivity contribution in [2.45, 2.75) is 227 Å². The third kappa shape index (κ3) is 20.5. The number of ether oxygens (including phenoxy) is 3. The van der Waals surface area contributed by atoms with Gasteiger partial charge in [-0.1, -0.05) is 96.9 Å². The maximum absolute atomic E-state index is 13.0. The molecule has 12 atom stereocenters. The zero-order chi connectivity index (χ0) is 78.2. The van der Waals surface area contributed by atoms with Gasteiger partial charge in [-0.05, 0) is 175 Å². The highest BCUT2D eigenvalue weighted by Crippen LogP contribution is 2.66. The Morgan fingerprint density at radius 2 is 0.660 bits per heavy atom. The molecule has 8 bridgehead atoms. The van der Waals surface area contributed by atoms with Crippen LogP contribution >= 0.6 is 0 Å². The first-order valence-corrected chi connectivity index (χ1v) is 53.4. The summed E-state index contributed by atoms with van der Waals surface area (Å²) in [6.07, 6.45) is -3.00. The molecule has 10 rings (SSSR count). The van der Waals surface area contributed by atoms with E-state index >= 15 is 0 Å². The first kappa shape index (κ1) is 87.0. The molecule has 3 aromatic rings. The summed E-state index contributed by atoms with van der Waals surface area (Å²) in [5.41, 5.74) is -3.91. The second-order valence-electron chi connectivity index (χ2n) is 34.4. The Morgan fingerprint density at radius 3 is 0.962 bits per heavy atom. The zero-order valence-corrected chi connectivity index (χ0v) is 74.1. The van der Waals surface area contributed by atoms with E-state index in [1.807, 2.05) is 4.90 Å².